The van der Waals surface area contributed by atoms with E-state index in [0.29, 0.717) is 24.5 Å². The van der Waals surface area contributed by atoms with Gasteiger partial charge in [-0.25, -0.2) is 4.98 Å². The van der Waals surface area contributed by atoms with E-state index >= 15 is 0 Å². The molecule has 1 heterocycles. The van der Waals surface area contributed by atoms with Gasteiger partial charge in [0.15, 0.2) is 0 Å². The van der Waals surface area contributed by atoms with Gasteiger partial charge in [0.25, 0.3) is 0 Å². The minimum atomic E-state index is 0.0822. The Morgan fingerprint density at radius 1 is 1.50 bits per heavy atom. The van der Waals surface area contributed by atoms with Crippen molar-refractivity contribution in [3.63, 3.8) is 0 Å². The molecule has 0 aliphatic heterocycles. The second-order valence-electron chi connectivity index (χ2n) is 3.86. The number of nitrogen functional groups attached to an aromatic ring is 1. The van der Waals surface area contributed by atoms with E-state index in [1.54, 1.807) is 25.1 Å². The molecular weight excluding hydrogens is 204 g/mol. The number of amides is 1. The molecule has 1 amide bonds. The summed E-state index contributed by atoms with van der Waals surface area (Å²) in [6.07, 6.45) is 0.433. The minimum absolute atomic E-state index is 0.0822. The largest absolute Gasteiger partial charge is 0.396 e. The molecule has 0 unspecified atom stereocenters. The van der Waals surface area contributed by atoms with Crippen molar-refractivity contribution in [2.45, 2.75) is 13.3 Å². The van der Waals surface area contributed by atoms with Crippen LogP contribution in [0.5, 0.6) is 0 Å². The first kappa shape index (κ1) is 12.3. The Morgan fingerprint density at radius 2 is 2.19 bits per heavy atom. The maximum atomic E-state index is 11.3. The van der Waals surface area contributed by atoms with Crippen molar-refractivity contribution < 1.29 is 4.79 Å². The molecule has 0 bridgehead atoms. The molecule has 0 fully saturated rings. The van der Waals surface area contributed by atoms with Gasteiger partial charge in [0.1, 0.15) is 5.82 Å². The summed E-state index contributed by atoms with van der Waals surface area (Å²) < 4.78 is 0. The highest BCUT2D eigenvalue weighted by Gasteiger charge is 2.04. The molecule has 1 aromatic rings. The molecule has 0 saturated carbocycles. The predicted octanol–water partition coefficient (Wildman–Crippen LogP) is 0.862. The van der Waals surface area contributed by atoms with Crippen LogP contribution in [0.15, 0.2) is 12.1 Å². The van der Waals surface area contributed by atoms with Crippen LogP contribution in [0.25, 0.3) is 0 Å². The predicted molar refractivity (Wildman–Crippen MR) is 65.2 cm³/mol. The Morgan fingerprint density at radius 3 is 2.81 bits per heavy atom. The maximum Gasteiger partial charge on any atom is 0.223 e. The molecule has 0 aliphatic carbocycles. The first-order chi connectivity index (χ1) is 7.50. The van der Waals surface area contributed by atoms with Crippen LogP contribution in [0.2, 0.25) is 0 Å². The topological polar surface area (TPSA) is 71.2 Å². The summed E-state index contributed by atoms with van der Waals surface area (Å²) in [5, 5.41) is 3.06. The molecule has 5 heteroatoms. The van der Waals surface area contributed by atoms with Gasteiger partial charge in [-0.3, -0.25) is 4.79 Å². The van der Waals surface area contributed by atoms with Gasteiger partial charge >= 0.3 is 0 Å². The van der Waals surface area contributed by atoms with Crippen molar-refractivity contribution >= 4 is 17.4 Å². The highest BCUT2D eigenvalue weighted by atomic mass is 16.2. The van der Waals surface area contributed by atoms with Crippen molar-refractivity contribution in [1.82, 2.24) is 9.88 Å². The number of pyridine rings is 1. The van der Waals surface area contributed by atoms with E-state index in [2.05, 4.69) is 10.3 Å². The lowest BCUT2D eigenvalue weighted by Gasteiger charge is -2.12. The second kappa shape index (κ2) is 5.34. The highest BCUT2D eigenvalue weighted by Crippen LogP contribution is 2.14. The number of aromatic nitrogens is 1. The summed E-state index contributed by atoms with van der Waals surface area (Å²) in [5.74, 6) is 0.727. The zero-order valence-electron chi connectivity index (χ0n) is 9.95. The van der Waals surface area contributed by atoms with Crippen molar-refractivity contribution in [2.24, 2.45) is 0 Å². The number of aryl methyl sites for hydroxylation is 1. The van der Waals surface area contributed by atoms with Gasteiger partial charge in [-0.15, -0.1) is 0 Å². The number of carbonyl (C=O) groups excluding carboxylic acids is 1. The Labute approximate surface area is 95.7 Å². The Bertz CT molecular complexity index is 376. The summed E-state index contributed by atoms with van der Waals surface area (Å²) in [6.45, 7) is 2.44. The molecule has 0 spiro atoms. The van der Waals surface area contributed by atoms with E-state index < -0.39 is 0 Å². The zero-order valence-corrected chi connectivity index (χ0v) is 9.95. The number of rotatable bonds is 4. The van der Waals surface area contributed by atoms with Gasteiger partial charge in [-0.1, -0.05) is 0 Å². The number of nitrogens with one attached hydrogen (secondary N) is 1. The van der Waals surface area contributed by atoms with Crippen molar-refractivity contribution in [3.8, 4) is 0 Å². The SMILES string of the molecule is Cc1ccc(N)c(NCCC(=O)N(C)C)n1. The number of hydrogen-bond donors (Lipinski definition) is 2. The number of nitrogens with zero attached hydrogens (tertiary/aromatic N) is 2. The quantitative estimate of drug-likeness (QED) is 0.792. The standard InChI is InChI=1S/C11H18N4O/c1-8-4-5-9(12)11(14-8)13-7-6-10(16)15(2)3/h4-5H,6-7,12H2,1-3H3,(H,13,14). The fraction of sp³-hybridized carbons (Fsp3) is 0.455. The maximum absolute atomic E-state index is 11.3. The third-order valence-corrected chi connectivity index (χ3v) is 2.20. The summed E-state index contributed by atoms with van der Waals surface area (Å²) >= 11 is 0. The molecule has 3 N–H and O–H groups in total. The number of anilines is 2. The molecule has 0 aliphatic rings. The van der Waals surface area contributed by atoms with Gasteiger partial charge in [-0.05, 0) is 19.1 Å². The van der Waals surface area contributed by atoms with E-state index in [-0.39, 0.29) is 5.91 Å². The van der Waals surface area contributed by atoms with Crippen LogP contribution >= 0.6 is 0 Å². The van der Waals surface area contributed by atoms with E-state index in [1.165, 1.54) is 0 Å². The van der Waals surface area contributed by atoms with E-state index in [4.69, 9.17) is 5.73 Å². The van der Waals surface area contributed by atoms with E-state index in [9.17, 15) is 4.79 Å². The first-order valence-corrected chi connectivity index (χ1v) is 5.18. The summed E-state index contributed by atoms with van der Waals surface area (Å²) in [4.78, 5) is 17.1. The number of carbonyl (C=O) groups is 1. The molecule has 16 heavy (non-hydrogen) atoms. The minimum Gasteiger partial charge on any atom is -0.396 e. The lowest BCUT2D eigenvalue weighted by Crippen LogP contribution is -2.24. The van der Waals surface area contributed by atoms with Crippen LogP contribution in [-0.4, -0.2) is 36.4 Å². The second-order valence-corrected chi connectivity index (χ2v) is 3.86. The van der Waals surface area contributed by atoms with Crippen LogP contribution in [0.1, 0.15) is 12.1 Å². The number of hydrogen-bond acceptors (Lipinski definition) is 4. The zero-order chi connectivity index (χ0) is 12.1. The molecule has 0 atom stereocenters. The van der Waals surface area contributed by atoms with Gasteiger partial charge < -0.3 is 16.0 Å². The monoisotopic (exact) mass is 222 g/mol. The lowest BCUT2D eigenvalue weighted by molar-refractivity contribution is -0.128. The molecule has 5 nitrogen and oxygen atoms in total. The van der Waals surface area contributed by atoms with E-state index in [1.807, 2.05) is 13.0 Å². The van der Waals surface area contributed by atoms with Gasteiger partial charge in [-0.2, -0.15) is 0 Å². The van der Waals surface area contributed by atoms with Crippen LogP contribution < -0.4 is 11.1 Å². The third kappa shape index (κ3) is 3.42. The van der Waals surface area contributed by atoms with Gasteiger partial charge in [0.05, 0.1) is 5.69 Å². The fourth-order valence-corrected chi connectivity index (χ4v) is 1.22. The van der Waals surface area contributed by atoms with E-state index in [0.717, 1.165) is 5.69 Å². The highest BCUT2D eigenvalue weighted by molar-refractivity contribution is 5.76. The Balaban J connectivity index is 2.49. The summed E-state index contributed by atoms with van der Waals surface area (Å²) in [7, 11) is 3.48. The lowest BCUT2D eigenvalue weighted by atomic mass is 10.3. The molecule has 1 aromatic heterocycles. The van der Waals surface area contributed by atoms with Crippen LogP contribution in [-0.2, 0) is 4.79 Å². The normalized spacial score (nSPS) is 9.94. The third-order valence-electron chi connectivity index (χ3n) is 2.20. The average molecular weight is 222 g/mol. The van der Waals surface area contributed by atoms with Gasteiger partial charge in [0, 0.05) is 32.8 Å². The molecule has 0 saturated heterocycles. The molecule has 0 radical (unpaired) electrons. The molecule has 1 rings (SSSR count). The molecule has 88 valence electrons. The summed E-state index contributed by atoms with van der Waals surface area (Å²) in [5.41, 5.74) is 7.24. The first-order valence-electron chi connectivity index (χ1n) is 5.18. The van der Waals surface area contributed by atoms with Crippen LogP contribution in [0, 0.1) is 6.92 Å². The average Bonchev–Trinajstić information content (AvgIpc) is 2.22. The molecular formula is C11H18N4O. The smallest absolute Gasteiger partial charge is 0.223 e. The van der Waals surface area contributed by atoms with Crippen molar-refractivity contribution in [2.75, 3.05) is 31.7 Å². The van der Waals surface area contributed by atoms with Crippen molar-refractivity contribution in [1.29, 1.82) is 0 Å². The van der Waals surface area contributed by atoms with Crippen LogP contribution in [0.4, 0.5) is 11.5 Å². The fourth-order valence-electron chi connectivity index (χ4n) is 1.22. The Hall–Kier alpha value is -1.78. The Kier molecular flexibility index (Phi) is 4.10. The van der Waals surface area contributed by atoms with Gasteiger partial charge in [0.2, 0.25) is 5.91 Å². The van der Waals surface area contributed by atoms with Crippen molar-refractivity contribution in [3.05, 3.63) is 17.8 Å². The van der Waals surface area contributed by atoms with Crippen LogP contribution in [0.3, 0.4) is 0 Å². The number of nitrogens with two attached hydrogens (primary N) is 1. The molecule has 0 aromatic carbocycles. The summed E-state index contributed by atoms with van der Waals surface area (Å²) in [6, 6.07) is 3.66.